The zero-order valence-corrected chi connectivity index (χ0v) is 14.9. The van der Waals surface area contributed by atoms with E-state index in [9.17, 15) is 0 Å². The number of benzene rings is 2. The highest BCUT2D eigenvalue weighted by molar-refractivity contribution is 7.98. The Labute approximate surface area is 154 Å². The van der Waals surface area contributed by atoms with Gasteiger partial charge < -0.3 is 9.26 Å². The van der Waals surface area contributed by atoms with Gasteiger partial charge in [-0.2, -0.15) is 4.98 Å². The summed E-state index contributed by atoms with van der Waals surface area (Å²) in [6.45, 7) is 0. The van der Waals surface area contributed by atoms with Crippen molar-refractivity contribution < 1.29 is 9.26 Å². The fourth-order valence-electron chi connectivity index (χ4n) is 2.50. The molecule has 0 saturated carbocycles. The molecule has 0 unspecified atom stereocenters. The molecule has 4 rings (SSSR count). The lowest BCUT2D eigenvalue weighted by Gasteiger charge is -2.08. The number of hydrogen-bond acceptors (Lipinski definition) is 6. The van der Waals surface area contributed by atoms with Gasteiger partial charge in [0, 0.05) is 24.0 Å². The van der Waals surface area contributed by atoms with E-state index in [4.69, 9.17) is 9.26 Å². The predicted octanol–water partition coefficient (Wildman–Crippen LogP) is 4.22. The van der Waals surface area contributed by atoms with E-state index in [1.807, 2.05) is 65.4 Å². The first-order chi connectivity index (χ1) is 12.8. The zero-order chi connectivity index (χ0) is 17.8. The smallest absolute Gasteiger partial charge is 0.237 e. The third kappa shape index (κ3) is 3.48. The molecule has 0 fully saturated rings. The maximum absolute atomic E-state index is 5.36. The standard InChI is InChI=1S/C19H16N4O2S/c1-24-16-9-5-8-15(12-16)23-11-10-20-19(23)26-13-17-21-18(22-25-17)14-6-3-2-4-7-14/h2-12H,13H2,1H3. The molecule has 6 nitrogen and oxygen atoms in total. The van der Waals surface area contributed by atoms with Gasteiger partial charge in [0.05, 0.1) is 18.6 Å². The first-order valence-electron chi connectivity index (χ1n) is 8.02. The number of hydrogen-bond donors (Lipinski definition) is 0. The molecule has 0 saturated heterocycles. The van der Waals surface area contributed by atoms with E-state index >= 15 is 0 Å². The lowest BCUT2D eigenvalue weighted by atomic mass is 10.2. The molecule has 0 spiro atoms. The highest BCUT2D eigenvalue weighted by atomic mass is 32.2. The molecule has 0 aliphatic carbocycles. The molecule has 26 heavy (non-hydrogen) atoms. The van der Waals surface area contributed by atoms with Crippen LogP contribution < -0.4 is 4.74 Å². The summed E-state index contributed by atoms with van der Waals surface area (Å²) in [6, 6.07) is 17.6. The van der Waals surface area contributed by atoms with E-state index in [0.717, 1.165) is 22.2 Å². The molecule has 0 atom stereocenters. The number of thioether (sulfide) groups is 1. The van der Waals surface area contributed by atoms with Crippen molar-refractivity contribution in [3.63, 3.8) is 0 Å². The second-order valence-electron chi connectivity index (χ2n) is 5.45. The van der Waals surface area contributed by atoms with Crippen LogP contribution in [-0.2, 0) is 5.75 Å². The van der Waals surface area contributed by atoms with Crippen molar-refractivity contribution in [3.05, 3.63) is 72.9 Å². The molecular formula is C19H16N4O2S. The maximum Gasteiger partial charge on any atom is 0.237 e. The van der Waals surface area contributed by atoms with Gasteiger partial charge in [0.2, 0.25) is 11.7 Å². The predicted molar refractivity (Wildman–Crippen MR) is 99.4 cm³/mol. The van der Waals surface area contributed by atoms with Crippen LogP contribution in [0.15, 0.2) is 76.7 Å². The van der Waals surface area contributed by atoms with Crippen LogP contribution in [0.4, 0.5) is 0 Å². The summed E-state index contributed by atoms with van der Waals surface area (Å²) in [5, 5.41) is 4.89. The van der Waals surface area contributed by atoms with Gasteiger partial charge in [-0.05, 0) is 12.1 Å². The van der Waals surface area contributed by atoms with Gasteiger partial charge in [0.15, 0.2) is 5.16 Å². The average Bonchev–Trinajstić information content (AvgIpc) is 3.36. The highest BCUT2D eigenvalue weighted by Crippen LogP contribution is 2.26. The Morgan fingerprint density at radius 1 is 1.12 bits per heavy atom. The van der Waals surface area contributed by atoms with Crippen LogP contribution in [-0.4, -0.2) is 26.8 Å². The number of rotatable bonds is 6. The zero-order valence-electron chi connectivity index (χ0n) is 14.1. The topological polar surface area (TPSA) is 66.0 Å². The van der Waals surface area contributed by atoms with E-state index in [1.165, 1.54) is 11.8 Å². The van der Waals surface area contributed by atoms with Gasteiger partial charge in [0.1, 0.15) is 5.75 Å². The van der Waals surface area contributed by atoms with Crippen molar-refractivity contribution in [2.45, 2.75) is 10.9 Å². The molecule has 130 valence electrons. The summed E-state index contributed by atoms with van der Waals surface area (Å²) < 4.78 is 12.7. The largest absolute Gasteiger partial charge is 0.497 e. The second kappa shape index (κ2) is 7.45. The number of aromatic nitrogens is 4. The van der Waals surface area contributed by atoms with Gasteiger partial charge >= 0.3 is 0 Å². The minimum Gasteiger partial charge on any atom is -0.497 e. The Morgan fingerprint density at radius 2 is 2.00 bits per heavy atom. The Balaban J connectivity index is 1.49. The Bertz CT molecular complexity index is 997. The first kappa shape index (κ1) is 16.4. The van der Waals surface area contributed by atoms with Crippen LogP contribution in [0.1, 0.15) is 5.89 Å². The Hall–Kier alpha value is -3.06. The molecule has 0 radical (unpaired) electrons. The molecule has 4 aromatic rings. The second-order valence-corrected chi connectivity index (χ2v) is 6.39. The normalized spacial score (nSPS) is 10.8. The maximum atomic E-state index is 5.36. The van der Waals surface area contributed by atoms with Crippen LogP contribution in [0.25, 0.3) is 17.1 Å². The fourth-order valence-corrected chi connectivity index (χ4v) is 3.31. The third-order valence-corrected chi connectivity index (χ3v) is 4.71. The number of nitrogens with zero attached hydrogens (tertiary/aromatic N) is 4. The average molecular weight is 364 g/mol. The van der Waals surface area contributed by atoms with Crippen LogP contribution in [0.2, 0.25) is 0 Å². The molecular weight excluding hydrogens is 348 g/mol. The molecule has 2 aromatic carbocycles. The minimum absolute atomic E-state index is 0.542. The number of imidazole rings is 1. The SMILES string of the molecule is COc1cccc(-n2ccnc2SCc2nc(-c3ccccc3)no2)c1. The molecule has 2 heterocycles. The van der Waals surface area contributed by atoms with E-state index in [2.05, 4.69) is 15.1 Å². The van der Waals surface area contributed by atoms with Gasteiger partial charge in [-0.1, -0.05) is 53.3 Å². The highest BCUT2D eigenvalue weighted by Gasteiger charge is 2.12. The fraction of sp³-hybridized carbons (Fsp3) is 0.105. The van der Waals surface area contributed by atoms with Crippen molar-refractivity contribution in [3.8, 4) is 22.8 Å². The number of ether oxygens (including phenoxy) is 1. The summed E-state index contributed by atoms with van der Waals surface area (Å²) in [4.78, 5) is 8.88. The van der Waals surface area contributed by atoms with E-state index in [1.54, 1.807) is 13.3 Å². The summed E-state index contributed by atoms with van der Waals surface area (Å²) in [6.07, 6.45) is 3.69. The van der Waals surface area contributed by atoms with Crippen molar-refractivity contribution in [2.24, 2.45) is 0 Å². The molecule has 0 amide bonds. The molecule has 0 aliphatic rings. The van der Waals surface area contributed by atoms with Crippen molar-refractivity contribution in [1.29, 1.82) is 0 Å². The summed E-state index contributed by atoms with van der Waals surface area (Å²) in [5.41, 5.74) is 1.92. The molecule has 7 heteroatoms. The Kier molecular flexibility index (Phi) is 4.70. The first-order valence-corrected chi connectivity index (χ1v) is 9.00. The van der Waals surface area contributed by atoms with E-state index in [0.29, 0.717) is 17.5 Å². The van der Waals surface area contributed by atoms with Crippen molar-refractivity contribution in [2.75, 3.05) is 7.11 Å². The van der Waals surface area contributed by atoms with Crippen molar-refractivity contribution >= 4 is 11.8 Å². The van der Waals surface area contributed by atoms with Gasteiger partial charge in [-0.15, -0.1) is 0 Å². The molecule has 0 bridgehead atoms. The molecule has 2 aromatic heterocycles. The lowest BCUT2D eigenvalue weighted by Crippen LogP contribution is -1.96. The Morgan fingerprint density at radius 3 is 2.85 bits per heavy atom. The van der Waals surface area contributed by atoms with Crippen LogP contribution in [0.5, 0.6) is 5.75 Å². The van der Waals surface area contributed by atoms with Gasteiger partial charge in [-0.25, -0.2) is 4.98 Å². The summed E-state index contributed by atoms with van der Waals surface area (Å²) in [7, 11) is 1.66. The lowest BCUT2D eigenvalue weighted by molar-refractivity contribution is 0.391. The monoisotopic (exact) mass is 364 g/mol. The third-order valence-electron chi connectivity index (χ3n) is 3.76. The van der Waals surface area contributed by atoms with Gasteiger partial charge in [-0.3, -0.25) is 4.57 Å². The van der Waals surface area contributed by atoms with E-state index < -0.39 is 0 Å². The summed E-state index contributed by atoms with van der Waals surface area (Å²) in [5.74, 6) is 2.50. The van der Waals surface area contributed by atoms with Crippen LogP contribution in [0, 0.1) is 0 Å². The minimum atomic E-state index is 0.542. The molecule has 0 N–H and O–H groups in total. The number of methoxy groups -OCH3 is 1. The van der Waals surface area contributed by atoms with Crippen LogP contribution >= 0.6 is 11.8 Å². The van der Waals surface area contributed by atoms with E-state index in [-0.39, 0.29) is 0 Å². The van der Waals surface area contributed by atoms with Crippen LogP contribution in [0.3, 0.4) is 0 Å². The van der Waals surface area contributed by atoms with Crippen molar-refractivity contribution in [1.82, 2.24) is 19.7 Å². The summed E-state index contributed by atoms with van der Waals surface area (Å²) >= 11 is 1.54. The van der Waals surface area contributed by atoms with Gasteiger partial charge in [0.25, 0.3) is 0 Å². The molecule has 0 aliphatic heterocycles. The quantitative estimate of drug-likeness (QED) is 0.477.